The van der Waals surface area contributed by atoms with Crippen molar-refractivity contribution in [2.24, 2.45) is 0 Å². The van der Waals surface area contributed by atoms with Gasteiger partial charge in [-0.15, -0.1) is 0 Å². The molecule has 0 amide bonds. The van der Waals surface area contributed by atoms with Gasteiger partial charge in [-0.3, -0.25) is 0 Å². The normalized spacial score (nSPS) is 16.7. The number of nitrogens with zero attached hydrogens (tertiary/aromatic N) is 2. The minimum atomic E-state index is 0.164. The standard InChI is InChI=1S/C19H32N2O2/c1-5-22-19-15-17(8-9-18(19)23-16(2)3)7-6-10-21-13-11-20(4)12-14-21/h8-9,15-16H,5-7,10-14H2,1-4H3. The number of hydrogen-bond acceptors (Lipinski definition) is 4. The summed E-state index contributed by atoms with van der Waals surface area (Å²) >= 11 is 0. The van der Waals surface area contributed by atoms with Gasteiger partial charge in [-0.25, -0.2) is 0 Å². The van der Waals surface area contributed by atoms with E-state index in [9.17, 15) is 0 Å². The van der Waals surface area contributed by atoms with Gasteiger partial charge in [0, 0.05) is 26.2 Å². The Bertz CT molecular complexity index is 468. The molecule has 4 heteroatoms. The average molecular weight is 320 g/mol. The Kier molecular flexibility index (Phi) is 7.18. The fourth-order valence-corrected chi connectivity index (χ4v) is 2.91. The Labute approximate surface area is 141 Å². The maximum atomic E-state index is 5.82. The first-order valence-electron chi connectivity index (χ1n) is 8.91. The molecular formula is C19H32N2O2. The molecule has 1 heterocycles. The molecule has 0 saturated carbocycles. The van der Waals surface area contributed by atoms with E-state index in [4.69, 9.17) is 9.47 Å². The number of aryl methyl sites for hydroxylation is 1. The van der Waals surface area contributed by atoms with Crippen LogP contribution in [0.1, 0.15) is 32.8 Å². The number of benzene rings is 1. The summed E-state index contributed by atoms with van der Waals surface area (Å²) in [6, 6.07) is 6.37. The lowest BCUT2D eigenvalue weighted by Gasteiger charge is -2.32. The molecular weight excluding hydrogens is 288 g/mol. The minimum Gasteiger partial charge on any atom is -0.490 e. The largest absolute Gasteiger partial charge is 0.490 e. The van der Waals surface area contributed by atoms with E-state index in [0.29, 0.717) is 6.61 Å². The van der Waals surface area contributed by atoms with Crippen LogP contribution in [0.3, 0.4) is 0 Å². The van der Waals surface area contributed by atoms with Crippen LogP contribution < -0.4 is 9.47 Å². The van der Waals surface area contributed by atoms with E-state index in [1.807, 2.05) is 20.8 Å². The molecule has 4 nitrogen and oxygen atoms in total. The van der Waals surface area contributed by atoms with E-state index in [2.05, 4.69) is 35.0 Å². The van der Waals surface area contributed by atoms with Gasteiger partial charge in [0.1, 0.15) is 0 Å². The predicted molar refractivity (Wildman–Crippen MR) is 95.6 cm³/mol. The molecule has 0 spiro atoms. The first-order chi connectivity index (χ1) is 11.1. The Morgan fingerprint density at radius 3 is 2.48 bits per heavy atom. The van der Waals surface area contributed by atoms with Crippen molar-refractivity contribution in [3.05, 3.63) is 23.8 Å². The second-order valence-electron chi connectivity index (χ2n) is 6.63. The summed E-state index contributed by atoms with van der Waals surface area (Å²) in [4.78, 5) is 4.97. The molecule has 1 fully saturated rings. The Morgan fingerprint density at radius 2 is 1.83 bits per heavy atom. The molecule has 0 atom stereocenters. The molecule has 2 rings (SSSR count). The van der Waals surface area contributed by atoms with Gasteiger partial charge in [0.25, 0.3) is 0 Å². The highest BCUT2D eigenvalue weighted by molar-refractivity contribution is 5.43. The third-order valence-corrected chi connectivity index (χ3v) is 4.21. The van der Waals surface area contributed by atoms with Gasteiger partial charge in [-0.05, 0) is 64.9 Å². The molecule has 1 saturated heterocycles. The molecule has 0 aromatic heterocycles. The molecule has 23 heavy (non-hydrogen) atoms. The summed E-state index contributed by atoms with van der Waals surface area (Å²) < 4.78 is 11.6. The van der Waals surface area contributed by atoms with Gasteiger partial charge in [0.15, 0.2) is 11.5 Å². The van der Waals surface area contributed by atoms with Crippen molar-refractivity contribution in [1.82, 2.24) is 9.80 Å². The third-order valence-electron chi connectivity index (χ3n) is 4.21. The van der Waals surface area contributed by atoms with Crippen LogP contribution >= 0.6 is 0 Å². The monoisotopic (exact) mass is 320 g/mol. The van der Waals surface area contributed by atoms with E-state index >= 15 is 0 Å². The molecule has 0 radical (unpaired) electrons. The first-order valence-corrected chi connectivity index (χ1v) is 8.91. The average Bonchev–Trinajstić information content (AvgIpc) is 2.51. The Balaban J connectivity index is 1.85. The SMILES string of the molecule is CCOc1cc(CCCN2CCN(C)CC2)ccc1OC(C)C. The molecule has 0 aliphatic carbocycles. The van der Waals surface area contributed by atoms with Crippen LogP contribution in [0.25, 0.3) is 0 Å². The minimum absolute atomic E-state index is 0.164. The maximum Gasteiger partial charge on any atom is 0.161 e. The molecule has 0 unspecified atom stereocenters. The first kappa shape index (κ1) is 18.1. The summed E-state index contributed by atoms with van der Waals surface area (Å²) in [6.45, 7) is 12.7. The molecule has 1 aromatic rings. The number of piperazine rings is 1. The van der Waals surface area contributed by atoms with Gasteiger partial charge < -0.3 is 19.3 Å². The second kappa shape index (κ2) is 9.14. The zero-order chi connectivity index (χ0) is 16.7. The smallest absolute Gasteiger partial charge is 0.161 e. The Hall–Kier alpha value is -1.26. The van der Waals surface area contributed by atoms with Crippen LogP contribution in [0, 0.1) is 0 Å². The van der Waals surface area contributed by atoms with E-state index in [-0.39, 0.29) is 6.10 Å². The number of ether oxygens (including phenoxy) is 2. The van der Waals surface area contributed by atoms with Crippen LogP contribution in [0.5, 0.6) is 11.5 Å². The van der Waals surface area contributed by atoms with E-state index in [1.165, 1.54) is 44.7 Å². The summed E-state index contributed by atoms with van der Waals surface area (Å²) in [5.74, 6) is 1.72. The zero-order valence-corrected chi connectivity index (χ0v) is 15.2. The molecule has 1 aliphatic rings. The Morgan fingerprint density at radius 1 is 1.09 bits per heavy atom. The fourth-order valence-electron chi connectivity index (χ4n) is 2.91. The lowest BCUT2D eigenvalue weighted by Crippen LogP contribution is -2.44. The van der Waals surface area contributed by atoms with Crippen molar-refractivity contribution in [2.75, 3.05) is 46.4 Å². The van der Waals surface area contributed by atoms with Gasteiger partial charge >= 0.3 is 0 Å². The van der Waals surface area contributed by atoms with Crippen LogP contribution in [-0.2, 0) is 6.42 Å². The van der Waals surface area contributed by atoms with Crippen molar-refractivity contribution in [3.8, 4) is 11.5 Å². The predicted octanol–water partition coefficient (Wildman–Crippen LogP) is 3.05. The van der Waals surface area contributed by atoms with E-state index in [1.54, 1.807) is 0 Å². The molecule has 130 valence electrons. The molecule has 1 aromatic carbocycles. The summed E-state index contributed by atoms with van der Waals surface area (Å²) in [5, 5.41) is 0. The van der Waals surface area contributed by atoms with Crippen molar-refractivity contribution in [2.45, 2.75) is 39.7 Å². The second-order valence-corrected chi connectivity index (χ2v) is 6.63. The lowest BCUT2D eigenvalue weighted by molar-refractivity contribution is 0.153. The maximum absolute atomic E-state index is 5.82. The van der Waals surface area contributed by atoms with Crippen LogP contribution in [0.2, 0.25) is 0 Å². The lowest BCUT2D eigenvalue weighted by atomic mass is 10.1. The van der Waals surface area contributed by atoms with Gasteiger partial charge in [-0.1, -0.05) is 6.07 Å². The molecule has 1 aliphatic heterocycles. The van der Waals surface area contributed by atoms with Crippen LogP contribution in [0.4, 0.5) is 0 Å². The van der Waals surface area contributed by atoms with Crippen molar-refractivity contribution in [1.29, 1.82) is 0 Å². The van der Waals surface area contributed by atoms with E-state index in [0.717, 1.165) is 17.9 Å². The van der Waals surface area contributed by atoms with Crippen LogP contribution in [0.15, 0.2) is 18.2 Å². The van der Waals surface area contributed by atoms with Gasteiger partial charge in [0.2, 0.25) is 0 Å². The van der Waals surface area contributed by atoms with E-state index < -0.39 is 0 Å². The van der Waals surface area contributed by atoms with Crippen molar-refractivity contribution >= 4 is 0 Å². The summed E-state index contributed by atoms with van der Waals surface area (Å²) in [6.07, 6.45) is 2.45. The number of likely N-dealkylation sites (N-methyl/N-ethyl adjacent to an activating group) is 1. The number of hydrogen-bond donors (Lipinski definition) is 0. The zero-order valence-electron chi connectivity index (χ0n) is 15.2. The topological polar surface area (TPSA) is 24.9 Å². The quantitative estimate of drug-likeness (QED) is 0.735. The van der Waals surface area contributed by atoms with Gasteiger partial charge in [-0.2, -0.15) is 0 Å². The highest BCUT2D eigenvalue weighted by atomic mass is 16.5. The molecule has 0 bridgehead atoms. The fraction of sp³-hybridized carbons (Fsp3) is 0.684. The van der Waals surface area contributed by atoms with Crippen LogP contribution in [-0.4, -0.2) is 62.3 Å². The van der Waals surface area contributed by atoms with Gasteiger partial charge in [0.05, 0.1) is 12.7 Å². The highest BCUT2D eigenvalue weighted by Crippen LogP contribution is 2.29. The van der Waals surface area contributed by atoms with Crippen molar-refractivity contribution < 1.29 is 9.47 Å². The third kappa shape index (κ3) is 6.04. The van der Waals surface area contributed by atoms with Crippen molar-refractivity contribution in [3.63, 3.8) is 0 Å². The summed E-state index contributed by atoms with van der Waals surface area (Å²) in [5.41, 5.74) is 1.33. The molecule has 0 N–H and O–H groups in total. The number of rotatable bonds is 8. The highest BCUT2D eigenvalue weighted by Gasteiger charge is 2.13. The summed E-state index contributed by atoms with van der Waals surface area (Å²) in [7, 11) is 2.20.